The smallest absolute Gasteiger partial charge is 0.462 e. The SMILES string of the molecule is CCCCCCCCCC/C=C\CCCCCCCCCCCCCCCCCCCCCCCCCCCCCCCC(=O)OC(COC(=O)CCCCCCCCCCCCCCCCCCCCCCCCCCCCCCCCC)COP(=O)(O)OCCN. The van der Waals surface area contributed by atoms with Gasteiger partial charge < -0.3 is 20.1 Å². The molecule has 0 aromatic rings. The van der Waals surface area contributed by atoms with E-state index in [1.165, 1.54) is 411 Å². The van der Waals surface area contributed by atoms with Gasteiger partial charge in [-0.2, -0.15) is 0 Å². The van der Waals surface area contributed by atoms with Gasteiger partial charge >= 0.3 is 19.8 Å². The summed E-state index contributed by atoms with van der Waals surface area (Å²) >= 11 is 0. The zero-order valence-corrected chi connectivity index (χ0v) is 63.7. The van der Waals surface area contributed by atoms with Crippen molar-refractivity contribution < 1.29 is 37.6 Å². The van der Waals surface area contributed by atoms with Gasteiger partial charge in [0, 0.05) is 19.4 Å². The molecular weight excluding hydrogens is 1170 g/mol. The molecule has 0 aliphatic rings. The maximum atomic E-state index is 12.8. The van der Waals surface area contributed by atoms with Crippen LogP contribution < -0.4 is 5.73 Å². The first kappa shape index (κ1) is 91.8. The molecule has 9 nitrogen and oxygen atoms in total. The van der Waals surface area contributed by atoms with Crippen LogP contribution in [0.2, 0.25) is 0 Å². The van der Waals surface area contributed by atoms with E-state index >= 15 is 0 Å². The minimum absolute atomic E-state index is 0.0584. The number of carbonyl (C=O) groups is 2. The molecular formula is C83H164NO8P. The first-order valence-corrected chi connectivity index (χ1v) is 43.7. The summed E-state index contributed by atoms with van der Waals surface area (Å²) < 4.78 is 33.3. The van der Waals surface area contributed by atoms with E-state index in [1.807, 2.05) is 0 Å². The molecule has 0 radical (unpaired) electrons. The number of allylic oxidation sites excluding steroid dienone is 2. The number of ether oxygens (including phenoxy) is 2. The number of phosphoric acid groups is 1. The topological polar surface area (TPSA) is 134 Å². The standard InChI is InChI=1S/C83H164NO8P/c1-3-5-7-9-11-13-15-17-19-21-23-25-27-29-31-33-35-36-37-38-39-40-41-42-43-44-46-48-50-52-54-56-58-60-62-64-66-68-70-72-74-76-83(86)92-81(80-91-93(87,88)90-78-77-84)79-89-82(85)75-73-71-69-67-65-63-61-59-57-55-53-51-49-47-45-34-32-30-28-26-24-22-20-18-16-14-12-10-8-6-4-2/h21,23,81H,3-20,22,24-80,84H2,1-2H3,(H,87,88)/b23-21-. The maximum Gasteiger partial charge on any atom is 0.472 e. The van der Waals surface area contributed by atoms with E-state index in [4.69, 9.17) is 24.3 Å². The molecule has 0 spiro atoms. The van der Waals surface area contributed by atoms with Crippen molar-refractivity contribution in [2.45, 2.75) is 482 Å². The van der Waals surface area contributed by atoms with Crippen molar-refractivity contribution in [1.29, 1.82) is 0 Å². The largest absolute Gasteiger partial charge is 0.472 e. The highest BCUT2D eigenvalue weighted by Gasteiger charge is 2.26. The molecule has 0 fully saturated rings. The third-order valence-electron chi connectivity index (χ3n) is 19.7. The van der Waals surface area contributed by atoms with Crippen LogP contribution in [0.25, 0.3) is 0 Å². The van der Waals surface area contributed by atoms with Gasteiger partial charge in [-0.05, 0) is 38.5 Å². The van der Waals surface area contributed by atoms with Gasteiger partial charge in [0.05, 0.1) is 13.2 Å². The number of carbonyl (C=O) groups excluding carboxylic acids is 2. The molecule has 0 aromatic carbocycles. The summed E-state index contributed by atoms with van der Waals surface area (Å²) in [5.74, 6) is -0.795. The summed E-state index contributed by atoms with van der Waals surface area (Å²) in [6, 6.07) is 0. The molecule has 0 amide bonds. The van der Waals surface area contributed by atoms with Crippen molar-refractivity contribution in [3.05, 3.63) is 12.2 Å². The Kier molecular flexibility index (Phi) is 78.7. The first-order valence-electron chi connectivity index (χ1n) is 42.2. The molecule has 3 N–H and O–H groups in total. The highest BCUT2D eigenvalue weighted by molar-refractivity contribution is 7.47. The summed E-state index contributed by atoms with van der Waals surface area (Å²) in [5, 5.41) is 0. The lowest BCUT2D eigenvalue weighted by Crippen LogP contribution is -2.29. The minimum Gasteiger partial charge on any atom is -0.462 e. The zero-order chi connectivity index (χ0) is 67.2. The van der Waals surface area contributed by atoms with E-state index in [0.29, 0.717) is 6.42 Å². The zero-order valence-electron chi connectivity index (χ0n) is 62.8. The van der Waals surface area contributed by atoms with Gasteiger partial charge in [0.2, 0.25) is 0 Å². The Morgan fingerprint density at radius 3 is 0.763 bits per heavy atom. The van der Waals surface area contributed by atoms with Gasteiger partial charge in [0.25, 0.3) is 0 Å². The minimum atomic E-state index is -4.39. The van der Waals surface area contributed by atoms with Crippen molar-refractivity contribution in [1.82, 2.24) is 0 Å². The number of nitrogens with two attached hydrogens (primary N) is 1. The first-order chi connectivity index (χ1) is 45.8. The summed E-state index contributed by atoms with van der Waals surface area (Å²) in [4.78, 5) is 35.5. The normalized spacial score (nSPS) is 12.8. The Bertz CT molecular complexity index is 1530. The Balaban J connectivity index is 3.70. The van der Waals surface area contributed by atoms with Crippen molar-refractivity contribution in [3.8, 4) is 0 Å². The number of unbranched alkanes of at least 4 members (excludes halogenated alkanes) is 67. The number of hydrogen-bond acceptors (Lipinski definition) is 8. The van der Waals surface area contributed by atoms with Gasteiger partial charge in [0.1, 0.15) is 6.61 Å². The van der Waals surface area contributed by atoms with E-state index in [2.05, 4.69) is 26.0 Å². The average Bonchev–Trinajstić information content (AvgIpc) is 3.49. The van der Waals surface area contributed by atoms with Gasteiger partial charge in [-0.1, -0.05) is 437 Å². The lowest BCUT2D eigenvalue weighted by Gasteiger charge is -2.19. The molecule has 0 aliphatic heterocycles. The summed E-state index contributed by atoms with van der Waals surface area (Å²) in [6.07, 6.45) is 99.6. The molecule has 0 bridgehead atoms. The van der Waals surface area contributed by atoms with Crippen LogP contribution in [0.5, 0.6) is 0 Å². The van der Waals surface area contributed by atoms with Crippen LogP contribution in [-0.2, 0) is 32.7 Å². The molecule has 0 heterocycles. The molecule has 2 atom stereocenters. The summed E-state index contributed by atoms with van der Waals surface area (Å²) in [7, 11) is -4.39. The molecule has 93 heavy (non-hydrogen) atoms. The van der Waals surface area contributed by atoms with Crippen LogP contribution in [0.1, 0.15) is 476 Å². The van der Waals surface area contributed by atoms with E-state index in [0.717, 1.165) is 32.1 Å². The number of hydrogen-bond donors (Lipinski definition) is 2. The fraction of sp³-hybridized carbons (Fsp3) is 0.952. The second-order valence-electron chi connectivity index (χ2n) is 29.1. The van der Waals surface area contributed by atoms with Crippen molar-refractivity contribution >= 4 is 19.8 Å². The van der Waals surface area contributed by atoms with Crippen LogP contribution in [0.15, 0.2) is 12.2 Å². The molecule has 0 aliphatic carbocycles. The van der Waals surface area contributed by atoms with Crippen LogP contribution >= 0.6 is 7.82 Å². The Hall–Kier alpha value is -1.25. The maximum absolute atomic E-state index is 12.8. The van der Waals surface area contributed by atoms with Crippen LogP contribution in [0.3, 0.4) is 0 Å². The highest BCUT2D eigenvalue weighted by Crippen LogP contribution is 2.43. The van der Waals surface area contributed by atoms with Gasteiger partial charge in [-0.15, -0.1) is 0 Å². The van der Waals surface area contributed by atoms with Crippen LogP contribution in [0.4, 0.5) is 0 Å². The summed E-state index contributed by atoms with van der Waals surface area (Å²) in [6.45, 7) is 3.85. The van der Waals surface area contributed by atoms with E-state index in [-0.39, 0.29) is 38.6 Å². The second-order valence-corrected chi connectivity index (χ2v) is 30.5. The van der Waals surface area contributed by atoms with Crippen molar-refractivity contribution in [3.63, 3.8) is 0 Å². The lowest BCUT2D eigenvalue weighted by molar-refractivity contribution is -0.161. The quantitative estimate of drug-likeness (QED) is 0.0264. The third kappa shape index (κ3) is 79.6. The van der Waals surface area contributed by atoms with Crippen LogP contribution in [-0.4, -0.2) is 49.3 Å². The molecule has 554 valence electrons. The third-order valence-corrected chi connectivity index (χ3v) is 20.6. The molecule has 10 heteroatoms. The van der Waals surface area contributed by atoms with E-state index in [1.54, 1.807) is 0 Å². The highest BCUT2D eigenvalue weighted by atomic mass is 31.2. The Morgan fingerprint density at radius 1 is 0.312 bits per heavy atom. The lowest BCUT2D eigenvalue weighted by atomic mass is 10.0. The number of rotatable bonds is 82. The van der Waals surface area contributed by atoms with E-state index < -0.39 is 26.5 Å². The predicted octanol–water partition coefficient (Wildman–Crippen LogP) is 28.2. The second kappa shape index (κ2) is 79.7. The van der Waals surface area contributed by atoms with Crippen LogP contribution in [0, 0.1) is 0 Å². The number of phosphoric ester groups is 1. The average molecular weight is 1340 g/mol. The fourth-order valence-electron chi connectivity index (χ4n) is 13.4. The van der Waals surface area contributed by atoms with Crippen molar-refractivity contribution in [2.24, 2.45) is 5.73 Å². The van der Waals surface area contributed by atoms with Crippen molar-refractivity contribution in [2.75, 3.05) is 26.4 Å². The van der Waals surface area contributed by atoms with E-state index in [9.17, 15) is 19.0 Å². The molecule has 0 saturated heterocycles. The van der Waals surface area contributed by atoms with Gasteiger partial charge in [-0.3, -0.25) is 18.6 Å². The molecule has 2 unspecified atom stereocenters. The monoisotopic (exact) mass is 1330 g/mol. The molecule has 0 rings (SSSR count). The van der Waals surface area contributed by atoms with Gasteiger partial charge in [-0.25, -0.2) is 4.57 Å². The fourth-order valence-corrected chi connectivity index (χ4v) is 14.2. The summed E-state index contributed by atoms with van der Waals surface area (Å²) in [5.41, 5.74) is 5.42. The Labute approximate surface area is 580 Å². The van der Waals surface area contributed by atoms with Gasteiger partial charge in [0.15, 0.2) is 6.10 Å². The number of esters is 2. The molecule has 0 saturated carbocycles. The Morgan fingerprint density at radius 2 is 0.527 bits per heavy atom. The predicted molar refractivity (Wildman–Crippen MR) is 405 cm³/mol. The molecule has 0 aromatic heterocycles.